The van der Waals surface area contributed by atoms with E-state index >= 15 is 0 Å². The molecule has 0 radical (unpaired) electrons. The van der Waals surface area contributed by atoms with Crippen LogP contribution in [-0.4, -0.2) is 12.0 Å². The van der Waals surface area contributed by atoms with Crippen molar-refractivity contribution >= 4 is 18.0 Å². The zero-order chi connectivity index (χ0) is 20.1. The van der Waals surface area contributed by atoms with Crippen molar-refractivity contribution in [2.45, 2.75) is 121 Å². The minimum atomic E-state index is 0.766. The van der Waals surface area contributed by atoms with E-state index < -0.39 is 0 Å². The largest absolute Gasteiger partial charge is 0.298 e. The molecular formula is C26H44OS. The van der Waals surface area contributed by atoms with Gasteiger partial charge < -0.3 is 0 Å². The molecule has 0 aliphatic carbocycles. The lowest BCUT2D eigenvalue weighted by atomic mass is 10.0. The summed E-state index contributed by atoms with van der Waals surface area (Å²) in [6.07, 6.45) is 25.2. The molecule has 1 aromatic rings. The van der Waals surface area contributed by atoms with Gasteiger partial charge in [0, 0.05) is 10.5 Å². The first-order valence-corrected chi connectivity index (χ1v) is 13.0. The van der Waals surface area contributed by atoms with Gasteiger partial charge in [0.05, 0.1) is 0 Å². The number of carbonyl (C=O) groups excluding carboxylic acids is 1. The molecule has 1 nitrogen and oxygen atoms in total. The summed E-state index contributed by atoms with van der Waals surface area (Å²) in [5, 5.41) is 0. The van der Waals surface area contributed by atoms with Crippen LogP contribution in [0.3, 0.4) is 0 Å². The van der Waals surface area contributed by atoms with E-state index in [1.54, 1.807) is 0 Å². The topological polar surface area (TPSA) is 17.1 Å². The third kappa shape index (κ3) is 15.2. The molecule has 28 heavy (non-hydrogen) atoms. The van der Waals surface area contributed by atoms with Crippen LogP contribution in [0.4, 0.5) is 0 Å². The van der Waals surface area contributed by atoms with Gasteiger partial charge in [-0.3, -0.25) is 4.79 Å². The highest BCUT2D eigenvalue weighted by atomic mass is 32.2. The monoisotopic (exact) mass is 404 g/mol. The molecule has 1 rings (SSSR count). The molecule has 0 amide bonds. The van der Waals surface area contributed by atoms with Gasteiger partial charge in [-0.25, -0.2) is 0 Å². The van der Waals surface area contributed by atoms with E-state index in [1.807, 2.05) is 23.9 Å². The second-order valence-electron chi connectivity index (χ2n) is 8.19. The summed E-state index contributed by atoms with van der Waals surface area (Å²) in [5.74, 6) is 1.19. The van der Waals surface area contributed by atoms with Crippen LogP contribution >= 0.6 is 11.8 Å². The van der Waals surface area contributed by atoms with Crippen LogP contribution in [0.5, 0.6) is 0 Å². The van der Waals surface area contributed by atoms with Crippen molar-refractivity contribution < 1.29 is 4.79 Å². The molecule has 1 aromatic carbocycles. The number of unbranched alkanes of at least 4 members (excludes halogenated alkanes) is 16. The van der Waals surface area contributed by atoms with Gasteiger partial charge >= 0.3 is 0 Å². The van der Waals surface area contributed by atoms with Crippen LogP contribution in [-0.2, 0) is 0 Å². The fraction of sp³-hybridized carbons (Fsp3) is 0.731. The summed E-state index contributed by atoms with van der Waals surface area (Å²) in [6.45, 7) is 2.29. The van der Waals surface area contributed by atoms with Crippen LogP contribution in [0.15, 0.2) is 29.2 Å². The predicted octanol–water partition coefficient (Wildman–Crippen LogP) is 9.24. The molecule has 0 heterocycles. The van der Waals surface area contributed by atoms with Crippen molar-refractivity contribution in [1.82, 2.24) is 0 Å². The van der Waals surface area contributed by atoms with Gasteiger partial charge in [0.1, 0.15) is 6.29 Å². The van der Waals surface area contributed by atoms with Crippen LogP contribution in [0.25, 0.3) is 0 Å². The summed E-state index contributed by atoms with van der Waals surface area (Å²) in [5.41, 5.74) is 0.766. The summed E-state index contributed by atoms with van der Waals surface area (Å²) in [4.78, 5) is 11.9. The zero-order valence-corrected chi connectivity index (χ0v) is 19.2. The molecule has 0 aromatic heterocycles. The second kappa shape index (κ2) is 19.6. The van der Waals surface area contributed by atoms with Gasteiger partial charge in [0.2, 0.25) is 0 Å². The molecule has 0 bridgehead atoms. The van der Waals surface area contributed by atoms with Crippen molar-refractivity contribution in [3.8, 4) is 0 Å². The zero-order valence-electron chi connectivity index (χ0n) is 18.4. The minimum Gasteiger partial charge on any atom is -0.298 e. The lowest BCUT2D eigenvalue weighted by Crippen LogP contribution is -1.85. The van der Waals surface area contributed by atoms with Crippen LogP contribution in [0.1, 0.15) is 126 Å². The number of hydrogen-bond acceptors (Lipinski definition) is 2. The van der Waals surface area contributed by atoms with Crippen LogP contribution in [0, 0.1) is 0 Å². The standard InChI is InChI=1S/C26H44OS/c1-2-3-4-5-6-7-8-9-10-11-12-13-14-15-16-17-18-23-28-26-21-19-25(24-27)20-22-26/h19-22,24H,2-18,23H2,1H3. The summed E-state index contributed by atoms with van der Waals surface area (Å²) >= 11 is 1.91. The van der Waals surface area contributed by atoms with E-state index in [1.165, 1.54) is 120 Å². The van der Waals surface area contributed by atoms with Gasteiger partial charge in [0.15, 0.2) is 0 Å². The van der Waals surface area contributed by atoms with Gasteiger partial charge in [-0.15, -0.1) is 11.8 Å². The van der Waals surface area contributed by atoms with Crippen molar-refractivity contribution in [1.29, 1.82) is 0 Å². The van der Waals surface area contributed by atoms with E-state index in [4.69, 9.17) is 0 Å². The Morgan fingerprint density at radius 2 is 1.00 bits per heavy atom. The Labute approximate surface area is 179 Å². The van der Waals surface area contributed by atoms with Crippen LogP contribution in [0.2, 0.25) is 0 Å². The van der Waals surface area contributed by atoms with Gasteiger partial charge in [-0.1, -0.05) is 122 Å². The van der Waals surface area contributed by atoms with E-state index in [0.29, 0.717) is 0 Å². The van der Waals surface area contributed by atoms with Crippen molar-refractivity contribution in [2.75, 3.05) is 5.75 Å². The normalized spacial score (nSPS) is 11.0. The molecule has 0 saturated heterocycles. The Balaban J connectivity index is 1.74. The highest BCUT2D eigenvalue weighted by Crippen LogP contribution is 2.20. The second-order valence-corrected chi connectivity index (χ2v) is 9.36. The fourth-order valence-corrected chi connectivity index (χ4v) is 4.57. The Morgan fingerprint density at radius 3 is 1.39 bits per heavy atom. The molecule has 0 aliphatic heterocycles. The Morgan fingerprint density at radius 1 is 0.607 bits per heavy atom. The lowest BCUT2D eigenvalue weighted by Gasteiger charge is -2.04. The molecule has 160 valence electrons. The molecule has 0 fully saturated rings. The van der Waals surface area contributed by atoms with E-state index in [-0.39, 0.29) is 0 Å². The Kier molecular flexibility index (Phi) is 17.7. The maximum atomic E-state index is 10.6. The van der Waals surface area contributed by atoms with Crippen LogP contribution < -0.4 is 0 Å². The summed E-state index contributed by atoms with van der Waals surface area (Å²) in [7, 11) is 0. The number of thioether (sulfide) groups is 1. The fourth-order valence-electron chi connectivity index (χ4n) is 3.66. The number of benzene rings is 1. The minimum absolute atomic E-state index is 0.766. The number of hydrogen-bond donors (Lipinski definition) is 0. The average molecular weight is 405 g/mol. The number of aldehydes is 1. The summed E-state index contributed by atoms with van der Waals surface area (Å²) in [6, 6.07) is 7.93. The van der Waals surface area contributed by atoms with Gasteiger partial charge in [-0.2, -0.15) is 0 Å². The smallest absolute Gasteiger partial charge is 0.150 e. The maximum absolute atomic E-state index is 10.6. The first-order chi connectivity index (χ1) is 13.9. The van der Waals surface area contributed by atoms with Crippen molar-refractivity contribution in [3.05, 3.63) is 29.8 Å². The average Bonchev–Trinajstić information content (AvgIpc) is 2.73. The molecule has 0 aliphatic rings. The lowest BCUT2D eigenvalue weighted by molar-refractivity contribution is 0.112. The molecule has 0 atom stereocenters. The van der Waals surface area contributed by atoms with Crippen molar-refractivity contribution in [2.24, 2.45) is 0 Å². The summed E-state index contributed by atoms with van der Waals surface area (Å²) < 4.78 is 0. The third-order valence-corrected chi connectivity index (χ3v) is 6.63. The predicted molar refractivity (Wildman–Crippen MR) is 127 cm³/mol. The van der Waals surface area contributed by atoms with E-state index in [9.17, 15) is 4.79 Å². The SMILES string of the molecule is CCCCCCCCCCCCCCCCCCCSc1ccc(C=O)cc1. The molecule has 0 N–H and O–H groups in total. The molecule has 2 heteroatoms. The molecule has 0 spiro atoms. The highest BCUT2D eigenvalue weighted by molar-refractivity contribution is 7.99. The third-order valence-electron chi connectivity index (χ3n) is 5.53. The quantitative estimate of drug-likeness (QED) is 0.122. The van der Waals surface area contributed by atoms with E-state index in [2.05, 4.69) is 19.1 Å². The molecular weight excluding hydrogens is 360 g/mol. The molecule has 0 saturated carbocycles. The first-order valence-electron chi connectivity index (χ1n) is 12.0. The van der Waals surface area contributed by atoms with E-state index in [0.717, 1.165) is 11.8 Å². The number of carbonyl (C=O) groups is 1. The van der Waals surface area contributed by atoms with Gasteiger partial charge in [-0.05, 0) is 24.3 Å². The van der Waals surface area contributed by atoms with Crippen molar-refractivity contribution in [3.63, 3.8) is 0 Å². The Hall–Kier alpha value is -0.760. The first kappa shape index (κ1) is 25.3. The number of rotatable bonds is 20. The highest BCUT2D eigenvalue weighted by Gasteiger charge is 1.97. The Bertz CT molecular complexity index is 454. The van der Waals surface area contributed by atoms with Gasteiger partial charge in [0.25, 0.3) is 0 Å². The molecule has 0 unspecified atom stereocenters. The maximum Gasteiger partial charge on any atom is 0.150 e.